The maximum Gasteiger partial charge on any atom is 0.269 e. The summed E-state index contributed by atoms with van der Waals surface area (Å²) in [6.45, 7) is 0.135. The highest BCUT2D eigenvalue weighted by Gasteiger charge is 2.13. The van der Waals surface area contributed by atoms with E-state index in [-0.39, 0.29) is 12.5 Å². The van der Waals surface area contributed by atoms with Crippen LogP contribution in [0.5, 0.6) is 5.75 Å². The molecule has 1 amide bonds. The number of ether oxygens (including phenoxy) is 1. The number of methoxy groups -OCH3 is 1. The number of aliphatic hydroxyl groups excluding tert-OH is 1. The molecule has 1 heterocycles. The summed E-state index contributed by atoms with van der Waals surface area (Å²) in [7, 11) is 3.27. The molecule has 2 aromatic rings. The third-order valence-corrected chi connectivity index (χ3v) is 3.01. The average Bonchev–Trinajstić information content (AvgIpc) is 2.90. The standard InChI is InChI=1S/C14H17N3O3/c1-17-12(7-8-16-17)14(19)15-9-13(18)10-3-5-11(20-2)6-4-10/h3-8,13,18H,9H2,1-2H3,(H,15,19). The van der Waals surface area contributed by atoms with Gasteiger partial charge in [0.05, 0.1) is 13.2 Å². The molecule has 0 fully saturated rings. The maximum absolute atomic E-state index is 11.9. The zero-order valence-corrected chi connectivity index (χ0v) is 11.4. The van der Waals surface area contributed by atoms with E-state index in [1.807, 2.05) is 0 Å². The Kier molecular flexibility index (Phi) is 4.37. The summed E-state index contributed by atoms with van der Waals surface area (Å²) in [4.78, 5) is 11.9. The molecule has 106 valence electrons. The second-order valence-electron chi connectivity index (χ2n) is 4.34. The number of aliphatic hydroxyl groups is 1. The van der Waals surface area contributed by atoms with E-state index >= 15 is 0 Å². The Morgan fingerprint density at radius 1 is 1.40 bits per heavy atom. The van der Waals surface area contributed by atoms with Crippen molar-refractivity contribution in [2.45, 2.75) is 6.10 Å². The van der Waals surface area contributed by atoms with Gasteiger partial charge in [-0.1, -0.05) is 12.1 Å². The highest BCUT2D eigenvalue weighted by atomic mass is 16.5. The summed E-state index contributed by atoms with van der Waals surface area (Å²) >= 11 is 0. The number of nitrogens with zero attached hydrogens (tertiary/aromatic N) is 2. The summed E-state index contributed by atoms with van der Waals surface area (Å²) < 4.78 is 6.53. The van der Waals surface area contributed by atoms with Gasteiger partial charge in [0.15, 0.2) is 0 Å². The molecule has 0 bridgehead atoms. The number of hydrogen-bond donors (Lipinski definition) is 2. The van der Waals surface area contributed by atoms with Crippen molar-refractivity contribution in [1.82, 2.24) is 15.1 Å². The number of amides is 1. The number of rotatable bonds is 5. The molecule has 0 saturated heterocycles. The number of nitrogens with one attached hydrogen (secondary N) is 1. The van der Waals surface area contributed by atoms with Crippen molar-refractivity contribution < 1.29 is 14.6 Å². The van der Waals surface area contributed by atoms with Crippen molar-refractivity contribution in [3.05, 3.63) is 47.8 Å². The molecule has 0 radical (unpaired) electrons. The lowest BCUT2D eigenvalue weighted by Gasteiger charge is -2.12. The molecule has 0 spiro atoms. The first-order valence-electron chi connectivity index (χ1n) is 6.20. The van der Waals surface area contributed by atoms with E-state index in [9.17, 15) is 9.90 Å². The normalized spacial score (nSPS) is 11.9. The fourth-order valence-electron chi connectivity index (χ4n) is 1.82. The van der Waals surface area contributed by atoms with Gasteiger partial charge in [-0.05, 0) is 23.8 Å². The minimum atomic E-state index is -0.766. The number of hydrogen-bond acceptors (Lipinski definition) is 4. The molecule has 1 unspecified atom stereocenters. The zero-order chi connectivity index (χ0) is 14.5. The molecule has 1 atom stereocenters. The van der Waals surface area contributed by atoms with Crippen LogP contribution in [0.3, 0.4) is 0 Å². The average molecular weight is 275 g/mol. The molecule has 0 aliphatic carbocycles. The van der Waals surface area contributed by atoms with E-state index in [1.54, 1.807) is 50.7 Å². The van der Waals surface area contributed by atoms with Gasteiger partial charge in [0.2, 0.25) is 0 Å². The van der Waals surface area contributed by atoms with E-state index in [0.717, 1.165) is 11.3 Å². The van der Waals surface area contributed by atoms with Gasteiger partial charge >= 0.3 is 0 Å². The Morgan fingerprint density at radius 3 is 2.65 bits per heavy atom. The number of aryl methyl sites for hydroxylation is 1. The van der Waals surface area contributed by atoms with Crippen molar-refractivity contribution in [1.29, 1.82) is 0 Å². The van der Waals surface area contributed by atoms with E-state index in [2.05, 4.69) is 10.4 Å². The predicted octanol–water partition coefficient (Wildman–Crippen LogP) is 0.892. The van der Waals surface area contributed by atoms with Crippen LogP contribution in [0.4, 0.5) is 0 Å². The Hall–Kier alpha value is -2.34. The number of carbonyl (C=O) groups is 1. The number of aromatic nitrogens is 2. The van der Waals surface area contributed by atoms with Gasteiger partial charge in [-0.25, -0.2) is 0 Å². The zero-order valence-electron chi connectivity index (χ0n) is 11.4. The van der Waals surface area contributed by atoms with Gasteiger partial charge < -0.3 is 15.2 Å². The van der Waals surface area contributed by atoms with Crippen LogP contribution in [-0.2, 0) is 7.05 Å². The first kappa shape index (κ1) is 14.1. The summed E-state index contributed by atoms with van der Waals surface area (Å²) in [5, 5.41) is 16.6. The summed E-state index contributed by atoms with van der Waals surface area (Å²) in [5.74, 6) is 0.456. The summed E-state index contributed by atoms with van der Waals surface area (Å²) in [5.41, 5.74) is 1.17. The Bertz CT molecular complexity index is 578. The fraction of sp³-hybridized carbons (Fsp3) is 0.286. The van der Waals surface area contributed by atoms with Crippen LogP contribution >= 0.6 is 0 Å². The van der Waals surface area contributed by atoms with Gasteiger partial charge in [0.25, 0.3) is 5.91 Å². The molecule has 0 aliphatic heterocycles. The lowest BCUT2D eigenvalue weighted by Crippen LogP contribution is -2.29. The molecule has 0 aliphatic rings. The molecule has 2 N–H and O–H groups in total. The Balaban J connectivity index is 1.93. The molecular weight excluding hydrogens is 258 g/mol. The lowest BCUT2D eigenvalue weighted by atomic mass is 10.1. The highest BCUT2D eigenvalue weighted by Crippen LogP contribution is 2.17. The first-order valence-corrected chi connectivity index (χ1v) is 6.20. The molecule has 2 rings (SSSR count). The molecule has 6 heteroatoms. The van der Waals surface area contributed by atoms with E-state index in [0.29, 0.717) is 5.69 Å². The minimum absolute atomic E-state index is 0.135. The van der Waals surface area contributed by atoms with Crippen molar-refractivity contribution in [2.75, 3.05) is 13.7 Å². The third kappa shape index (κ3) is 3.16. The Morgan fingerprint density at radius 2 is 2.10 bits per heavy atom. The topological polar surface area (TPSA) is 76.4 Å². The van der Waals surface area contributed by atoms with E-state index < -0.39 is 6.10 Å². The van der Waals surface area contributed by atoms with Gasteiger partial charge in [-0.15, -0.1) is 0 Å². The van der Waals surface area contributed by atoms with E-state index in [4.69, 9.17) is 4.74 Å². The third-order valence-electron chi connectivity index (χ3n) is 3.01. The largest absolute Gasteiger partial charge is 0.497 e. The van der Waals surface area contributed by atoms with Crippen LogP contribution in [-0.4, -0.2) is 34.4 Å². The summed E-state index contributed by atoms with van der Waals surface area (Å²) in [6.07, 6.45) is 0.785. The maximum atomic E-state index is 11.9. The minimum Gasteiger partial charge on any atom is -0.497 e. The molecule has 20 heavy (non-hydrogen) atoms. The van der Waals surface area contributed by atoms with Gasteiger partial charge in [-0.2, -0.15) is 5.10 Å². The van der Waals surface area contributed by atoms with Crippen molar-refractivity contribution >= 4 is 5.91 Å². The van der Waals surface area contributed by atoms with Crippen LogP contribution in [0.1, 0.15) is 22.2 Å². The SMILES string of the molecule is COc1ccc(C(O)CNC(=O)c2ccnn2C)cc1. The monoisotopic (exact) mass is 275 g/mol. The lowest BCUT2D eigenvalue weighted by molar-refractivity contribution is 0.0907. The predicted molar refractivity (Wildman–Crippen MR) is 73.5 cm³/mol. The second kappa shape index (κ2) is 6.21. The molecule has 1 aromatic carbocycles. The molecule has 6 nitrogen and oxygen atoms in total. The van der Waals surface area contributed by atoms with Crippen LogP contribution < -0.4 is 10.1 Å². The fourth-order valence-corrected chi connectivity index (χ4v) is 1.82. The van der Waals surface area contributed by atoms with Crippen LogP contribution in [0.2, 0.25) is 0 Å². The quantitative estimate of drug-likeness (QED) is 0.849. The van der Waals surface area contributed by atoms with Crippen LogP contribution in [0, 0.1) is 0 Å². The number of carbonyl (C=O) groups excluding carboxylic acids is 1. The summed E-state index contributed by atoms with van der Waals surface area (Å²) in [6, 6.07) is 8.68. The first-order chi connectivity index (χ1) is 9.61. The Labute approximate surface area is 117 Å². The number of benzene rings is 1. The smallest absolute Gasteiger partial charge is 0.269 e. The molecular formula is C14H17N3O3. The van der Waals surface area contributed by atoms with Crippen molar-refractivity contribution in [3.63, 3.8) is 0 Å². The molecule has 1 aromatic heterocycles. The van der Waals surface area contributed by atoms with Gasteiger partial charge in [-0.3, -0.25) is 9.48 Å². The van der Waals surface area contributed by atoms with Gasteiger partial charge in [0, 0.05) is 19.8 Å². The van der Waals surface area contributed by atoms with Crippen molar-refractivity contribution in [2.24, 2.45) is 7.05 Å². The van der Waals surface area contributed by atoms with E-state index in [1.165, 1.54) is 4.68 Å². The highest BCUT2D eigenvalue weighted by molar-refractivity contribution is 5.92. The van der Waals surface area contributed by atoms with Crippen LogP contribution in [0.25, 0.3) is 0 Å². The molecule has 0 saturated carbocycles. The van der Waals surface area contributed by atoms with Crippen LogP contribution in [0.15, 0.2) is 36.5 Å². The van der Waals surface area contributed by atoms with Crippen molar-refractivity contribution in [3.8, 4) is 5.75 Å². The second-order valence-corrected chi connectivity index (χ2v) is 4.34. The van der Waals surface area contributed by atoms with Gasteiger partial charge in [0.1, 0.15) is 11.4 Å².